The first-order valence-corrected chi connectivity index (χ1v) is 7.74. The van der Waals surface area contributed by atoms with Crippen molar-refractivity contribution in [3.8, 4) is 11.5 Å². The summed E-state index contributed by atoms with van der Waals surface area (Å²) in [5, 5.41) is 2.84. The van der Waals surface area contributed by atoms with E-state index in [2.05, 4.69) is 12.2 Å². The highest BCUT2D eigenvalue weighted by Crippen LogP contribution is 2.28. The van der Waals surface area contributed by atoms with E-state index in [4.69, 9.17) is 14.2 Å². The maximum absolute atomic E-state index is 11.6. The van der Waals surface area contributed by atoms with Crippen molar-refractivity contribution in [3.05, 3.63) is 23.8 Å². The zero-order valence-corrected chi connectivity index (χ0v) is 14.0. The maximum Gasteiger partial charge on any atom is 0.246 e. The fourth-order valence-electron chi connectivity index (χ4n) is 1.84. The summed E-state index contributed by atoms with van der Waals surface area (Å²) in [4.78, 5) is 11.6. The number of hydrogen-bond donors (Lipinski definition) is 1. The molecule has 0 unspecified atom stereocenters. The van der Waals surface area contributed by atoms with E-state index in [0.717, 1.165) is 29.9 Å². The van der Waals surface area contributed by atoms with Gasteiger partial charge in [0.15, 0.2) is 11.5 Å². The Morgan fingerprint density at radius 3 is 2.68 bits per heavy atom. The summed E-state index contributed by atoms with van der Waals surface area (Å²) in [7, 11) is 1.63. The van der Waals surface area contributed by atoms with Gasteiger partial charge in [0.25, 0.3) is 0 Å². The van der Waals surface area contributed by atoms with Crippen molar-refractivity contribution in [1.29, 1.82) is 0 Å². The van der Waals surface area contributed by atoms with Gasteiger partial charge in [0, 0.05) is 6.54 Å². The number of carbonyl (C=O) groups is 1. The predicted octanol–water partition coefficient (Wildman–Crippen LogP) is 2.57. The number of hydrogen-bond acceptors (Lipinski definition) is 4. The maximum atomic E-state index is 11.6. The summed E-state index contributed by atoms with van der Waals surface area (Å²) in [5.74, 6) is 1.38. The Hall–Kier alpha value is -1.75. The molecule has 0 aromatic heterocycles. The quantitative estimate of drug-likeness (QED) is 0.722. The summed E-state index contributed by atoms with van der Waals surface area (Å²) in [6, 6.07) is 5.85. The second-order valence-corrected chi connectivity index (χ2v) is 5.29. The molecule has 0 bridgehead atoms. The third kappa shape index (κ3) is 6.80. The fourth-order valence-corrected chi connectivity index (χ4v) is 1.84. The molecular formula is C17H27NO4. The minimum absolute atomic E-state index is 0.0608. The highest BCUT2D eigenvalue weighted by atomic mass is 16.5. The number of amides is 1. The van der Waals surface area contributed by atoms with Crippen LogP contribution in [0.2, 0.25) is 0 Å². The van der Waals surface area contributed by atoms with Gasteiger partial charge in [-0.3, -0.25) is 4.79 Å². The monoisotopic (exact) mass is 309 g/mol. The van der Waals surface area contributed by atoms with Crippen LogP contribution in [-0.2, 0) is 16.0 Å². The zero-order chi connectivity index (χ0) is 16.4. The van der Waals surface area contributed by atoms with E-state index in [0.29, 0.717) is 13.2 Å². The van der Waals surface area contributed by atoms with Gasteiger partial charge in [-0.05, 0) is 44.4 Å². The molecule has 0 saturated heterocycles. The van der Waals surface area contributed by atoms with Crippen molar-refractivity contribution in [2.45, 2.75) is 39.7 Å². The zero-order valence-electron chi connectivity index (χ0n) is 14.0. The number of ether oxygens (including phenoxy) is 3. The molecule has 0 fully saturated rings. The van der Waals surface area contributed by atoms with Crippen molar-refractivity contribution in [2.24, 2.45) is 0 Å². The van der Waals surface area contributed by atoms with Crippen LogP contribution in [-0.4, -0.2) is 38.9 Å². The molecule has 1 aromatic carbocycles. The van der Waals surface area contributed by atoms with Crippen LogP contribution in [0.4, 0.5) is 0 Å². The van der Waals surface area contributed by atoms with Crippen molar-refractivity contribution in [1.82, 2.24) is 5.32 Å². The van der Waals surface area contributed by atoms with Gasteiger partial charge in [0.05, 0.1) is 19.8 Å². The van der Waals surface area contributed by atoms with Crippen molar-refractivity contribution < 1.29 is 19.0 Å². The molecule has 0 radical (unpaired) electrons. The number of benzene rings is 1. The summed E-state index contributed by atoms with van der Waals surface area (Å²) < 4.78 is 16.2. The minimum Gasteiger partial charge on any atom is -0.493 e. The molecule has 1 aromatic rings. The Morgan fingerprint density at radius 2 is 2.05 bits per heavy atom. The highest BCUT2D eigenvalue weighted by molar-refractivity contribution is 5.77. The van der Waals surface area contributed by atoms with Crippen molar-refractivity contribution >= 4 is 5.91 Å². The molecule has 0 atom stereocenters. The Kier molecular flexibility index (Phi) is 8.36. The number of carbonyl (C=O) groups excluding carboxylic acids is 1. The van der Waals surface area contributed by atoms with E-state index in [1.54, 1.807) is 7.11 Å². The van der Waals surface area contributed by atoms with Crippen LogP contribution in [0, 0.1) is 0 Å². The largest absolute Gasteiger partial charge is 0.493 e. The van der Waals surface area contributed by atoms with Crippen LogP contribution in [0.25, 0.3) is 0 Å². The molecule has 1 amide bonds. The molecule has 5 heteroatoms. The molecule has 22 heavy (non-hydrogen) atoms. The molecule has 0 aliphatic rings. The predicted molar refractivity (Wildman–Crippen MR) is 86.6 cm³/mol. The van der Waals surface area contributed by atoms with Gasteiger partial charge >= 0.3 is 0 Å². The van der Waals surface area contributed by atoms with Crippen LogP contribution in [0.1, 0.15) is 32.8 Å². The van der Waals surface area contributed by atoms with E-state index in [9.17, 15) is 4.79 Å². The Morgan fingerprint density at radius 1 is 1.27 bits per heavy atom. The lowest BCUT2D eigenvalue weighted by Gasteiger charge is -2.12. The number of rotatable bonds is 10. The second kappa shape index (κ2) is 10.1. The van der Waals surface area contributed by atoms with E-state index in [-0.39, 0.29) is 18.6 Å². The van der Waals surface area contributed by atoms with Crippen molar-refractivity contribution in [2.75, 3.05) is 26.9 Å². The first-order chi connectivity index (χ1) is 10.6. The van der Waals surface area contributed by atoms with Gasteiger partial charge in [0.2, 0.25) is 5.91 Å². The average molecular weight is 309 g/mol. The normalized spacial score (nSPS) is 10.6. The van der Waals surface area contributed by atoms with Gasteiger partial charge < -0.3 is 19.5 Å². The third-order valence-corrected chi connectivity index (χ3v) is 2.97. The lowest BCUT2D eigenvalue weighted by molar-refractivity contribution is -0.127. The second-order valence-electron chi connectivity index (χ2n) is 5.29. The van der Waals surface area contributed by atoms with E-state index in [1.165, 1.54) is 0 Å². The Labute approximate surface area is 132 Å². The topological polar surface area (TPSA) is 56.8 Å². The molecule has 0 spiro atoms. The highest BCUT2D eigenvalue weighted by Gasteiger charge is 2.07. The summed E-state index contributed by atoms with van der Waals surface area (Å²) in [5.41, 5.74) is 1.09. The number of nitrogens with one attached hydrogen (secondary N) is 1. The number of methoxy groups -OCH3 is 1. The van der Waals surface area contributed by atoms with Gasteiger partial charge in [0.1, 0.15) is 6.61 Å². The summed E-state index contributed by atoms with van der Waals surface area (Å²) in [6.07, 6.45) is 1.75. The lowest BCUT2D eigenvalue weighted by Crippen LogP contribution is -2.30. The molecule has 5 nitrogen and oxygen atoms in total. The van der Waals surface area contributed by atoms with Crippen LogP contribution in [0.3, 0.4) is 0 Å². The van der Waals surface area contributed by atoms with Crippen LogP contribution >= 0.6 is 0 Å². The fraction of sp³-hybridized carbons (Fsp3) is 0.588. The summed E-state index contributed by atoms with van der Waals surface area (Å²) in [6.45, 7) is 7.21. The van der Waals surface area contributed by atoms with Crippen LogP contribution < -0.4 is 14.8 Å². The van der Waals surface area contributed by atoms with Crippen LogP contribution in [0.15, 0.2) is 18.2 Å². The van der Waals surface area contributed by atoms with Crippen LogP contribution in [0.5, 0.6) is 11.5 Å². The first-order valence-electron chi connectivity index (χ1n) is 7.74. The molecule has 0 aliphatic carbocycles. The molecule has 0 saturated carbocycles. The SMILES string of the molecule is CCCOc1ccc(CCNC(=O)COC(C)C)cc1OC. The molecule has 124 valence electrons. The minimum atomic E-state index is -0.0939. The smallest absolute Gasteiger partial charge is 0.246 e. The Balaban J connectivity index is 2.44. The molecule has 0 heterocycles. The van der Waals surface area contributed by atoms with Gasteiger partial charge in [-0.2, -0.15) is 0 Å². The van der Waals surface area contributed by atoms with Gasteiger partial charge in [-0.1, -0.05) is 13.0 Å². The lowest BCUT2D eigenvalue weighted by atomic mass is 10.1. The molecule has 1 N–H and O–H groups in total. The molecule has 1 rings (SSSR count). The standard InChI is InChI=1S/C17H27NO4/c1-5-10-21-15-7-6-14(11-16(15)20-4)8-9-18-17(19)12-22-13(2)3/h6-7,11,13H,5,8-10,12H2,1-4H3,(H,18,19). The average Bonchev–Trinajstić information content (AvgIpc) is 2.51. The Bertz CT molecular complexity index is 460. The van der Waals surface area contributed by atoms with E-state index >= 15 is 0 Å². The van der Waals surface area contributed by atoms with Gasteiger partial charge in [-0.25, -0.2) is 0 Å². The first kappa shape index (κ1) is 18.3. The summed E-state index contributed by atoms with van der Waals surface area (Å²) >= 11 is 0. The molecule has 0 aliphatic heterocycles. The van der Waals surface area contributed by atoms with Crippen molar-refractivity contribution in [3.63, 3.8) is 0 Å². The van der Waals surface area contributed by atoms with E-state index < -0.39 is 0 Å². The third-order valence-electron chi connectivity index (χ3n) is 2.97. The molecular weight excluding hydrogens is 282 g/mol. The van der Waals surface area contributed by atoms with E-state index in [1.807, 2.05) is 32.0 Å². The van der Waals surface area contributed by atoms with Gasteiger partial charge in [-0.15, -0.1) is 0 Å².